The third-order valence-electron chi connectivity index (χ3n) is 4.35. The fourth-order valence-corrected chi connectivity index (χ4v) is 3.09. The molecule has 0 unspecified atom stereocenters. The monoisotopic (exact) mass is 356 g/mol. The Morgan fingerprint density at radius 3 is 2.23 bits per heavy atom. The van der Waals surface area contributed by atoms with Crippen LogP contribution in [0.3, 0.4) is 0 Å². The summed E-state index contributed by atoms with van der Waals surface area (Å²) in [7, 11) is 0. The first-order valence-corrected chi connectivity index (χ1v) is 8.89. The molecule has 2 aromatic rings. The number of carbonyl (C=O) groups excluding carboxylic acids is 2. The van der Waals surface area contributed by atoms with Crippen molar-refractivity contribution >= 4 is 23.2 Å². The lowest BCUT2D eigenvalue weighted by molar-refractivity contribution is -0.117. The second-order valence-corrected chi connectivity index (χ2v) is 6.56. The Labute approximate surface area is 152 Å². The van der Waals surface area contributed by atoms with Crippen LogP contribution in [0.1, 0.15) is 41.4 Å². The van der Waals surface area contributed by atoms with Crippen LogP contribution in [-0.4, -0.2) is 41.3 Å². The SMILES string of the molecule is Cc1nc(C)c(C(=O)Nc2ccc(NC(=O)CN3CCCCC3)cc2)o1. The quantitative estimate of drug-likeness (QED) is 0.860. The van der Waals surface area contributed by atoms with E-state index in [-0.39, 0.29) is 17.6 Å². The molecule has 1 aliphatic heterocycles. The zero-order valence-corrected chi connectivity index (χ0v) is 15.2. The highest BCUT2D eigenvalue weighted by molar-refractivity contribution is 6.03. The molecule has 1 aromatic heterocycles. The Hall–Kier alpha value is -2.67. The van der Waals surface area contributed by atoms with E-state index >= 15 is 0 Å². The Morgan fingerprint density at radius 1 is 1.04 bits per heavy atom. The van der Waals surface area contributed by atoms with Gasteiger partial charge in [-0.1, -0.05) is 6.42 Å². The van der Waals surface area contributed by atoms with Gasteiger partial charge in [-0.25, -0.2) is 4.98 Å². The average Bonchev–Trinajstić information content (AvgIpc) is 2.96. The van der Waals surface area contributed by atoms with Crippen LogP contribution in [0.25, 0.3) is 0 Å². The predicted octanol–water partition coefficient (Wildman–Crippen LogP) is 2.97. The molecule has 2 N–H and O–H groups in total. The Balaban J connectivity index is 1.53. The van der Waals surface area contributed by atoms with Gasteiger partial charge in [-0.05, 0) is 57.1 Å². The van der Waals surface area contributed by atoms with E-state index in [1.54, 1.807) is 38.1 Å². The highest BCUT2D eigenvalue weighted by Crippen LogP contribution is 2.17. The Bertz CT molecular complexity index is 777. The standard InChI is InChI=1S/C19H24N4O3/c1-13-18(26-14(2)20-13)19(25)22-16-8-6-15(7-9-16)21-17(24)12-23-10-4-3-5-11-23/h6-9H,3-5,10-12H2,1-2H3,(H,21,24)(H,22,25). The van der Waals surface area contributed by atoms with Crippen LogP contribution in [0.4, 0.5) is 11.4 Å². The number of oxazole rings is 1. The second-order valence-electron chi connectivity index (χ2n) is 6.56. The summed E-state index contributed by atoms with van der Waals surface area (Å²) >= 11 is 0. The van der Waals surface area contributed by atoms with Crippen LogP contribution < -0.4 is 10.6 Å². The number of rotatable bonds is 5. The molecular formula is C19H24N4O3. The first-order valence-electron chi connectivity index (χ1n) is 8.89. The number of benzene rings is 1. The van der Waals surface area contributed by atoms with Crippen molar-refractivity contribution in [1.82, 2.24) is 9.88 Å². The number of hydrogen-bond acceptors (Lipinski definition) is 5. The summed E-state index contributed by atoms with van der Waals surface area (Å²) in [6.45, 7) is 5.82. The van der Waals surface area contributed by atoms with Gasteiger partial charge in [-0.2, -0.15) is 0 Å². The first kappa shape index (κ1) is 18.1. The minimum Gasteiger partial charge on any atom is -0.436 e. The van der Waals surface area contributed by atoms with Gasteiger partial charge in [0.1, 0.15) is 0 Å². The number of nitrogens with zero attached hydrogens (tertiary/aromatic N) is 2. The lowest BCUT2D eigenvalue weighted by Gasteiger charge is -2.25. The van der Waals surface area contributed by atoms with Gasteiger partial charge >= 0.3 is 0 Å². The maximum atomic E-state index is 12.2. The molecule has 26 heavy (non-hydrogen) atoms. The second kappa shape index (κ2) is 8.14. The van der Waals surface area contributed by atoms with Crippen molar-refractivity contribution in [1.29, 1.82) is 0 Å². The van der Waals surface area contributed by atoms with Gasteiger partial charge in [0.05, 0.1) is 12.2 Å². The van der Waals surface area contributed by atoms with Crippen LogP contribution in [0.5, 0.6) is 0 Å². The van der Waals surface area contributed by atoms with Crippen LogP contribution in [0, 0.1) is 13.8 Å². The van der Waals surface area contributed by atoms with E-state index < -0.39 is 0 Å². The Kier molecular flexibility index (Phi) is 5.68. The highest BCUT2D eigenvalue weighted by Gasteiger charge is 2.16. The number of carbonyl (C=O) groups is 2. The minimum absolute atomic E-state index is 0.0172. The third-order valence-corrected chi connectivity index (χ3v) is 4.35. The molecule has 0 bridgehead atoms. The maximum absolute atomic E-state index is 12.2. The van der Waals surface area contributed by atoms with Gasteiger partial charge in [0.25, 0.3) is 5.91 Å². The first-order chi connectivity index (χ1) is 12.5. The molecule has 2 heterocycles. The summed E-state index contributed by atoms with van der Waals surface area (Å²) in [5.41, 5.74) is 1.88. The lowest BCUT2D eigenvalue weighted by atomic mass is 10.1. The fraction of sp³-hybridized carbons (Fsp3) is 0.421. The average molecular weight is 356 g/mol. The molecule has 0 spiro atoms. The van der Waals surface area contributed by atoms with Crippen LogP contribution in [0.2, 0.25) is 0 Å². The van der Waals surface area contributed by atoms with Gasteiger partial charge < -0.3 is 15.1 Å². The molecule has 1 aromatic carbocycles. The number of aryl methyl sites for hydroxylation is 2. The van der Waals surface area contributed by atoms with E-state index in [9.17, 15) is 9.59 Å². The van der Waals surface area contributed by atoms with E-state index in [1.165, 1.54) is 6.42 Å². The molecule has 1 saturated heterocycles. The number of amides is 2. The van der Waals surface area contributed by atoms with Gasteiger partial charge in [0.2, 0.25) is 11.7 Å². The van der Waals surface area contributed by atoms with Crippen LogP contribution in [-0.2, 0) is 4.79 Å². The molecule has 1 fully saturated rings. The molecule has 0 saturated carbocycles. The molecule has 0 atom stereocenters. The van der Waals surface area contributed by atoms with Crippen LogP contribution >= 0.6 is 0 Å². The van der Waals surface area contributed by atoms with E-state index in [0.29, 0.717) is 29.5 Å². The van der Waals surface area contributed by atoms with E-state index in [4.69, 9.17) is 4.42 Å². The summed E-state index contributed by atoms with van der Waals surface area (Å²) in [5.74, 6) is 0.308. The van der Waals surface area contributed by atoms with Crippen molar-refractivity contribution < 1.29 is 14.0 Å². The van der Waals surface area contributed by atoms with Crippen LogP contribution in [0.15, 0.2) is 28.7 Å². The predicted molar refractivity (Wildman–Crippen MR) is 99.3 cm³/mol. The van der Waals surface area contributed by atoms with Crippen molar-refractivity contribution in [3.8, 4) is 0 Å². The number of hydrogen-bond donors (Lipinski definition) is 2. The van der Waals surface area contributed by atoms with Crippen molar-refractivity contribution in [2.24, 2.45) is 0 Å². The summed E-state index contributed by atoms with van der Waals surface area (Å²) in [6, 6.07) is 7.02. The third kappa shape index (κ3) is 4.70. The summed E-state index contributed by atoms with van der Waals surface area (Å²) in [5, 5.41) is 5.66. The highest BCUT2D eigenvalue weighted by atomic mass is 16.4. The summed E-state index contributed by atoms with van der Waals surface area (Å²) < 4.78 is 5.31. The van der Waals surface area contributed by atoms with E-state index in [2.05, 4.69) is 20.5 Å². The molecule has 138 valence electrons. The topological polar surface area (TPSA) is 87.5 Å². The van der Waals surface area contributed by atoms with Crippen molar-refractivity contribution in [3.05, 3.63) is 41.6 Å². The molecule has 0 aliphatic carbocycles. The minimum atomic E-state index is -0.343. The van der Waals surface area contributed by atoms with Gasteiger partial charge in [0.15, 0.2) is 5.89 Å². The van der Waals surface area contributed by atoms with Crippen molar-refractivity contribution in [2.45, 2.75) is 33.1 Å². The lowest BCUT2D eigenvalue weighted by Crippen LogP contribution is -2.36. The molecule has 7 nitrogen and oxygen atoms in total. The van der Waals surface area contributed by atoms with Crippen molar-refractivity contribution in [2.75, 3.05) is 30.3 Å². The number of anilines is 2. The fourth-order valence-electron chi connectivity index (χ4n) is 3.09. The number of piperidine rings is 1. The Morgan fingerprint density at radius 2 is 1.65 bits per heavy atom. The summed E-state index contributed by atoms with van der Waals surface area (Å²) in [4.78, 5) is 30.6. The number of nitrogens with one attached hydrogen (secondary N) is 2. The number of likely N-dealkylation sites (tertiary alicyclic amines) is 1. The van der Waals surface area contributed by atoms with Gasteiger partial charge in [-0.15, -0.1) is 0 Å². The zero-order chi connectivity index (χ0) is 18.5. The van der Waals surface area contributed by atoms with E-state index in [0.717, 1.165) is 25.9 Å². The number of aromatic nitrogens is 1. The zero-order valence-electron chi connectivity index (χ0n) is 15.2. The molecule has 7 heteroatoms. The van der Waals surface area contributed by atoms with Crippen molar-refractivity contribution in [3.63, 3.8) is 0 Å². The van der Waals surface area contributed by atoms with Gasteiger partial charge in [-0.3, -0.25) is 14.5 Å². The largest absolute Gasteiger partial charge is 0.436 e. The summed E-state index contributed by atoms with van der Waals surface area (Å²) in [6.07, 6.45) is 3.57. The normalized spacial score (nSPS) is 14.8. The maximum Gasteiger partial charge on any atom is 0.293 e. The van der Waals surface area contributed by atoms with E-state index in [1.807, 2.05) is 0 Å². The molecule has 3 rings (SSSR count). The molecular weight excluding hydrogens is 332 g/mol. The smallest absolute Gasteiger partial charge is 0.293 e. The molecule has 0 radical (unpaired) electrons. The van der Waals surface area contributed by atoms with Gasteiger partial charge in [0, 0.05) is 18.3 Å². The molecule has 1 aliphatic rings. The molecule has 2 amide bonds.